The molecule has 2 aromatic rings. The molecule has 2 aromatic carbocycles. The number of benzene rings is 2. The first kappa shape index (κ1) is 11.9. The quantitative estimate of drug-likeness (QED) is 0.840. The number of ether oxygens (including phenoxy) is 1. The van der Waals surface area contributed by atoms with Crippen molar-refractivity contribution in [1.82, 2.24) is 0 Å². The molecule has 0 saturated carbocycles. The molecule has 88 valence electrons. The van der Waals surface area contributed by atoms with Crippen molar-refractivity contribution < 1.29 is 9.13 Å². The maximum absolute atomic E-state index is 13.1. The fourth-order valence-electron chi connectivity index (χ4n) is 1.40. The molecule has 0 heterocycles. The van der Waals surface area contributed by atoms with E-state index in [0.717, 1.165) is 5.56 Å². The highest BCUT2D eigenvalue weighted by molar-refractivity contribution is 9.10. The Morgan fingerprint density at radius 1 is 1.18 bits per heavy atom. The molecule has 4 heteroatoms. The number of halogens is 2. The average molecular weight is 296 g/mol. The van der Waals surface area contributed by atoms with Crippen LogP contribution in [-0.4, -0.2) is 0 Å². The molecule has 0 radical (unpaired) electrons. The van der Waals surface area contributed by atoms with Crippen molar-refractivity contribution in [2.75, 3.05) is 5.73 Å². The Balaban J connectivity index is 2.31. The van der Waals surface area contributed by atoms with Crippen LogP contribution in [0, 0.1) is 12.7 Å². The van der Waals surface area contributed by atoms with Crippen LogP contribution in [0.3, 0.4) is 0 Å². The van der Waals surface area contributed by atoms with Crippen LogP contribution in [0.25, 0.3) is 0 Å². The van der Waals surface area contributed by atoms with Crippen LogP contribution in [0.15, 0.2) is 40.9 Å². The van der Waals surface area contributed by atoms with Crippen molar-refractivity contribution in [2.45, 2.75) is 6.92 Å². The number of rotatable bonds is 2. The highest BCUT2D eigenvalue weighted by Crippen LogP contribution is 2.30. The van der Waals surface area contributed by atoms with Crippen LogP contribution in [0.4, 0.5) is 10.1 Å². The first-order chi connectivity index (χ1) is 8.06. The molecule has 0 aliphatic carbocycles. The van der Waals surface area contributed by atoms with Crippen molar-refractivity contribution in [1.29, 1.82) is 0 Å². The van der Waals surface area contributed by atoms with Crippen molar-refractivity contribution >= 4 is 21.6 Å². The van der Waals surface area contributed by atoms with Gasteiger partial charge < -0.3 is 10.5 Å². The molecule has 0 aliphatic heterocycles. The molecule has 0 bridgehead atoms. The SMILES string of the molecule is Cc1ccc(N)c(Oc2ccc(F)c(Br)c2)c1. The fourth-order valence-corrected chi connectivity index (χ4v) is 1.76. The summed E-state index contributed by atoms with van der Waals surface area (Å²) in [6.45, 7) is 1.95. The molecule has 0 fully saturated rings. The molecule has 0 unspecified atom stereocenters. The van der Waals surface area contributed by atoms with Gasteiger partial charge in [0.1, 0.15) is 11.6 Å². The summed E-state index contributed by atoms with van der Waals surface area (Å²) < 4.78 is 19.0. The summed E-state index contributed by atoms with van der Waals surface area (Å²) >= 11 is 3.11. The number of nitrogen functional groups attached to an aromatic ring is 1. The van der Waals surface area contributed by atoms with Gasteiger partial charge in [0.25, 0.3) is 0 Å². The standard InChI is InChI=1S/C13H11BrFNO/c1-8-2-5-12(16)13(6-8)17-9-3-4-11(15)10(14)7-9/h2-7H,16H2,1H3. The van der Waals surface area contributed by atoms with Gasteiger partial charge in [-0.1, -0.05) is 6.07 Å². The van der Waals surface area contributed by atoms with Gasteiger partial charge in [-0.25, -0.2) is 4.39 Å². The molecule has 17 heavy (non-hydrogen) atoms. The Labute approximate surface area is 107 Å². The maximum atomic E-state index is 13.1. The highest BCUT2D eigenvalue weighted by Gasteiger charge is 2.05. The van der Waals surface area contributed by atoms with Crippen LogP contribution in [0.1, 0.15) is 5.56 Å². The molecule has 0 saturated heterocycles. The average Bonchev–Trinajstić information content (AvgIpc) is 2.29. The molecular weight excluding hydrogens is 285 g/mol. The zero-order chi connectivity index (χ0) is 12.4. The number of hydrogen-bond donors (Lipinski definition) is 1. The Morgan fingerprint density at radius 3 is 2.65 bits per heavy atom. The third-order valence-corrected chi connectivity index (χ3v) is 2.90. The largest absolute Gasteiger partial charge is 0.455 e. The summed E-state index contributed by atoms with van der Waals surface area (Å²) in [7, 11) is 0. The van der Waals surface area contributed by atoms with E-state index in [4.69, 9.17) is 10.5 Å². The molecule has 0 amide bonds. The lowest BCUT2D eigenvalue weighted by atomic mass is 10.2. The molecule has 0 aromatic heterocycles. The second-order valence-electron chi connectivity index (χ2n) is 3.72. The minimum absolute atomic E-state index is 0.324. The van der Waals surface area contributed by atoms with Crippen molar-refractivity contribution in [3.05, 3.63) is 52.3 Å². The molecule has 2 rings (SSSR count). The summed E-state index contributed by atoms with van der Waals surface area (Å²) in [4.78, 5) is 0. The first-order valence-electron chi connectivity index (χ1n) is 5.05. The lowest BCUT2D eigenvalue weighted by Gasteiger charge is -2.09. The number of anilines is 1. The molecular formula is C13H11BrFNO. The van der Waals surface area contributed by atoms with E-state index >= 15 is 0 Å². The van der Waals surface area contributed by atoms with Crippen molar-refractivity contribution in [2.24, 2.45) is 0 Å². The third kappa shape index (κ3) is 2.77. The lowest BCUT2D eigenvalue weighted by Crippen LogP contribution is -1.93. The predicted octanol–water partition coefficient (Wildman–Crippen LogP) is 4.27. The Kier molecular flexibility index (Phi) is 3.33. The van der Waals surface area contributed by atoms with Crippen molar-refractivity contribution in [3.63, 3.8) is 0 Å². The van der Waals surface area contributed by atoms with E-state index in [-0.39, 0.29) is 5.82 Å². The van der Waals surface area contributed by atoms with Crippen LogP contribution in [0.2, 0.25) is 0 Å². The molecule has 2 nitrogen and oxygen atoms in total. The van der Waals surface area contributed by atoms with Gasteiger partial charge >= 0.3 is 0 Å². The second kappa shape index (κ2) is 4.75. The van der Waals surface area contributed by atoms with Gasteiger partial charge in [-0.2, -0.15) is 0 Å². The van der Waals surface area contributed by atoms with Gasteiger partial charge in [-0.05, 0) is 58.7 Å². The predicted molar refractivity (Wildman–Crippen MR) is 69.8 cm³/mol. The van der Waals surface area contributed by atoms with E-state index in [0.29, 0.717) is 21.7 Å². The van der Waals surface area contributed by atoms with Gasteiger partial charge in [-0.3, -0.25) is 0 Å². The molecule has 0 spiro atoms. The third-order valence-electron chi connectivity index (χ3n) is 2.29. The summed E-state index contributed by atoms with van der Waals surface area (Å²) in [5, 5.41) is 0. The summed E-state index contributed by atoms with van der Waals surface area (Å²) in [6, 6.07) is 9.99. The first-order valence-corrected chi connectivity index (χ1v) is 5.84. The van der Waals surface area contributed by atoms with Gasteiger partial charge in [0.15, 0.2) is 5.75 Å². The van der Waals surface area contributed by atoms with Crippen LogP contribution in [-0.2, 0) is 0 Å². The molecule has 2 N–H and O–H groups in total. The zero-order valence-electron chi connectivity index (χ0n) is 9.21. The van der Waals surface area contributed by atoms with E-state index < -0.39 is 0 Å². The van der Waals surface area contributed by atoms with E-state index in [9.17, 15) is 4.39 Å². The minimum atomic E-state index is -0.324. The zero-order valence-corrected chi connectivity index (χ0v) is 10.8. The van der Waals surface area contributed by atoms with Crippen LogP contribution in [0.5, 0.6) is 11.5 Å². The highest BCUT2D eigenvalue weighted by atomic mass is 79.9. The lowest BCUT2D eigenvalue weighted by molar-refractivity contribution is 0.482. The van der Waals surface area contributed by atoms with Gasteiger partial charge in [0.2, 0.25) is 0 Å². The Morgan fingerprint density at radius 2 is 1.94 bits per heavy atom. The molecule has 0 aliphatic rings. The second-order valence-corrected chi connectivity index (χ2v) is 4.57. The smallest absolute Gasteiger partial charge is 0.150 e. The van der Waals surface area contributed by atoms with E-state index in [1.807, 2.05) is 19.1 Å². The van der Waals surface area contributed by atoms with Gasteiger partial charge in [0, 0.05) is 0 Å². The normalized spacial score (nSPS) is 10.3. The van der Waals surface area contributed by atoms with Gasteiger partial charge in [0.05, 0.1) is 10.2 Å². The summed E-state index contributed by atoms with van der Waals surface area (Å²) in [5.41, 5.74) is 7.40. The number of aryl methyl sites for hydroxylation is 1. The van der Waals surface area contributed by atoms with E-state index in [1.54, 1.807) is 18.2 Å². The topological polar surface area (TPSA) is 35.2 Å². The minimum Gasteiger partial charge on any atom is -0.455 e. The summed E-state index contributed by atoms with van der Waals surface area (Å²) in [5.74, 6) is 0.786. The monoisotopic (exact) mass is 295 g/mol. The van der Waals surface area contributed by atoms with Crippen LogP contribution < -0.4 is 10.5 Å². The number of hydrogen-bond acceptors (Lipinski definition) is 2. The van der Waals surface area contributed by atoms with Gasteiger partial charge in [-0.15, -0.1) is 0 Å². The maximum Gasteiger partial charge on any atom is 0.150 e. The summed E-state index contributed by atoms with van der Waals surface area (Å²) in [6.07, 6.45) is 0. The van der Waals surface area contributed by atoms with Crippen LogP contribution >= 0.6 is 15.9 Å². The van der Waals surface area contributed by atoms with Crippen molar-refractivity contribution in [3.8, 4) is 11.5 Å². The fraction of sp³-hybridized carbons (Fsp3) is 0.0769. The molecule has 0 atom stereocenters. The number of nitrogens with two attached hydrogens (primary N) is 1. The Hall–Kier alpha value is -1.55. The Bertz CT molecular complexity index is 557. The van der Waals surface area contributed by atoms with E-state index in [2.05, 4.69) is 15.9 Å². The van der Waals surface area contributed by atoms with E-state index in [1.165, 1.54) is 6.07 Å².